The number of hydrogen-bond acceptors (Lipinski definition) is 4. The normalized spacial score (nSPS) is 10.4. The molecule has 1 N–H and O–H groups in total. The maximum absolute atomic E-state index is 12.8. The molecule has 0 radical (unpaired) electrons. The molecule has 4 nitrogen and oxygen atoms in total. The number of benzene rings is 1. The van der Waals surface area contributed by atoms with Gasteiger partial charge in [-0.3, -0.25) is 9.78 Å². The van der Waals surface area contributed by atoms with Crippen LogP contribution in [0.25, 0.3) is 11.3 Å². The van der Waals surface area contributed by atoms with Crippen LogP contribution in [0.1, 0.15) is 5.56 Å². The summed E-state index contributed by atoms with van der Waals surface area (Å²) in [6.07, 6.45) is 1.73. The van der Waals surface area contributed by atoms with Gasteiger partial charge in [0.1, 0.15) is 11.6 Å². The van der Waals surface area contributed by atoms with Crippen molar-refractivity contribution in [1.29, 1.82) is 0 Å². The fourth-order valence-electron chi connectivity index (χ4n) is 2.08. The van der Waals surface area contributed by atoms with Crippen LogP contribution in [0.5, 0.6) is 5.75 Å². The van der Waals surface area contributed by atoms with E-state index in [1.165, 1.54) is 24.3 Å². The number of nitrogens with one attached hydrogen (secondary N) is 1. The Morgan fingerprint density at radius 2 is 2.04 bits per heavy atom. The van der Waals surface area contributed by atoms with E-state index in [1.807, 2.05) is 29.0 Å². The lowest BCUT2D eigenvalue weighted by Gasteiger charge is -2.08. The van der Waals surface area contributed by atoms with Gasteiger partial charge in [-0.15, -0.1) is 0 Å². The summed E-state index contributed by atoms with van der Waals surface area (Å²) in [6, 6.07) is 11.4. The van der Waals surface area contributed by atoms with E-state index in [9.17, 15) is 9.18 Å². The lowest BCUT2D eigenvalue weighted by Crippen LogP contribution is -2.28. The number of aromatic nitrogens is 1. The third-order valence-electron chi connectivity index (χ3n) is 3.31. The van der Waals surface area contributed by atoms with Crippen LogP contribution < -0.4 is 10.1 Å². The molecule has 0 saturated carbocycles. The van der Waals surface area contributed by atoms with Crippen molar-refractivity contribution in [2.45, 2.75) is 6.54 Å². The van der Waals surface area contributed by atoms with Gasteiger partial charge in [0, 0.05) is 23.7 Å². The number of carbonyl (C=O) groups is 1. The van der Waals surface area contributed by atoms with Crippen molar-refractivity contribution in [3.8, 4) is 17.0 Å². The molecule has 0 spiro atoms. The van der Waals surface area contributed by atoms with Gasteiger partial charge in [0.05, 0.1) is 5.69 Å². The second-order valence-electron chi connectivity index (χ2n) is 5.08. The third kappa shape index (κ3) is 4.39. The Balaban J connectivity index is 1.51. The Hall–Kier alpha value is -2.73. The molecule has 1 amide bonds. The lowest BCUT2D eigenvalue weighted by molar-refractivity contribution is -0.123. The Kier molecular flexibility index (Phi) is 5.18. The minimum atomic E-state index is -0.342. The number of pyridine rings is 1. The van der Waals surface area contributed by atoms with Gasteiger partial charge in [0.15, 0.2) is 6.61 Å². The first-order chi connectivity index (χ1) is 11.7. The summed E-state index contributed by atoms with van der Waals surface area (Å²) >= 11 is 1.61. The lowest BCUT2D eigenvalue weighted by atomic mass is 10.1. The Bertz CT molecular complexity index is 804. The van der Waals surface area contributed by atoms with E-state index >= 15 is 0 Å². The molecule has 3 aromatic rings. The zero-order valence-corrected chi connectivity index (χ0v) is 13.6. The number of ether oxygens (including phenoxy) is 1. The van der Waals surface area contributed by atoms with Gasteiger partial charge in [-0.05, 0) is 53.4 Å². The molecule has 0 atom stereocenters. The number of hydrogen-bond donors (Lipinski definition) is 1. The molecule has 1 aromatic carbocycles. The van der Waals surface area contributed by atoms with Crippen LogP contribution >= 0.6 is 11.3 Å². The molecule has 0 aliphatic heterocycles. The van der Waals surface area contributed by atoms with Gasteiger partial charge in [0.25, 0.3) is 5.91 Å². The van der Waals surface area contributed by atoms with E-state index in [4.69, 9.17) is 4.74 Å². The highest BCUT2D eigenvalue weighted by molar-refractivity contribution is 7.08. The standard InChI is InChI=1S/C18H15FN2O2S/c19-15-1-3-16(4-2-15)23-11-18(22)21-10-13-5-7-20-17(9-13)14-6-8-24-12-14/h1-9,12H,10-11H2,(H,21,22). The summed E-state index contributed by atoms with van der Waals surface area (Å²) in [4.78, 5) is 16.2. The first kappa shape index (κ1) is 16.1. The quantitative estimate of drug-likeness (QED) is 0.744. The zero-order valence-electron chi connectivity index (χ0n) is 12.7. The summed E-state index contributed by atoms with van der Waals surface area (Å²) in [5, 5.41) is 6.82. The van der Waals surface area contributed by atoms with E-state index < -0.39 is 0 Å². The molecule has 0 aliphatic carbocycles. The molecule has 0 aliphatic rings. The largest absolute Gasteiger partial charge is 0.484 e. The molecule has 6 heteroatoms. The van der Waals surface area contributed by atoms with Crippen LogP contribution in [0.4, 0.5) is 4.39 Å². The highest BCUT2D eigenvalue weighted by atomic mass is 32.1. The maximum Gasteiger partial charge on any atom is 0.258 e. The predicted molar refractivity (Wildman–Crippen MR) is 91.3 cm³/mol. The van der Waals surface area contributed by atoms with Gasteiger partial charge in [-0.25, -0.2) is 4.39 Å². The molecule has 0 saturated heterocycles. The average Bonchev–Trinajstić information content (AvgIpc) is 3.14. The highest BCUT2D eigenvalue weighted by Gasteiger charge is 2.05. The van der Waals surface area contributed by atoms with Crippen LogP contribution in [0.3, 0.4) is 0 Å². The number of amides is 1. The van der Waals surface area contributed by atoms with Crippen LogP contribution in [0.15, 0.2) is 59.4 Å². The number of nitrogens with zero attached hydrogens (tertiary/aromatic N) is 1. The van der Waals surface area contributed by atoms with Gasteiger partial charge >= 0.3 is 0 Å². The molecule has 3 rings (SSSR count). The first-order valence-electron chi connectivity index (χ1n) is 7.33. The van der Waals surface area contributed by atoms with Crippen LogP contribution in [0.2, 0.25) is 0 Å². The van der Waals surface area contributed by atoms with Crippen molar-refractivity contribution in [1.82, 2.24) is 10.3 Å². The van der Waals surface area contributed by atoms with Crippen LogP contribution in [0, 0.1) is 5.82 Å². The summed E-state index contributed by atoms with van der Waals surface area (Å²) in [7, 11) is 0. The van der Waals surface area contributed by atoms with Crippen LogP contribution in [-0.4, -0.2) is 17.5 Å². The predicted octanol–water partition coefficient (Wildman–Crippen LogP) is 3.64. The van der Waals surface area contributed by atoms with E-state index in [2.05, 4.69) is 10.3 Å². The molecule has 122 valence electrons. The first-order valence-corrected chi connectivity index (χ1v) is 8.27. The van der Waals surface area contributed by atoms with E-state index in [0.29, 0.717) is 12.3 Å². The molecule has 2 heterocycles. The van der Waals surface area contributed by atoms with Crippen LogP contribution in [-0.2, 0) is 11.3 Å². The summed E-state index contributed by atoms with van der Waals surface area (Å²) in [6.45, 7) is 0.277. The molecular formula is C18H15FN2O2S. The minimum absolute atomic E-state index is 0.117. The maximum atomic E-state index is 12.8. The second-order valence-corrected chi connectivity index (χ2v) is 5.86. The number of halogens is 1. The Morgan fingerprint density at radius 3 is 2.79 bits per heavy atom. The van der Waals surface area contributed by atoms with E-state index in [-0.39, 0.29) is 18.3 Å². The monoisotopic (exact) mass is 342 g/mol. The van der Waals surface area contributed by atoms with E-state index in [0.717, 1.165) is 16.8 Å². The third-order valence-corrected chi connectivity index (χ3v) is 4.00. The molecule has 0 bridgehead atoms. The van der Waals surface area contributed by atoms with Gasteiger partial charge in [0.2, 0.25) is 0 Å². The van der Waals surface area contributed by atoms with E-state index in [1.54, 1.807) is 17.5 Å². The molecule has 24 heavy (non-hydrogen) atoms. The fourth-order valence-corrected chi connectivity index (χ4v) is 2.73. The van der Waals surface area contributed by atoms with Gasteiger partial charge in [-0.1, -0.05) is 0 Å². The van der Waals surface area contributed by atoms with Crippen molar-refractivity contribution < 1.29 is 13.9 Å². The average molecular weight is 342 g/mol. The van der Waals surface area contributed by atoms with Crippen molar-refractivity contribution in [3.05, 3.63) is 70.8 Å². The Morgan fingerprint density at radius 1 is 1.21 bits per heavy atom. The topological polar surface area (TPSA) is 51.2 Å². The highest BCUT2D eigenvalue weighted by Crippen LogP contribution is 2.20. The summed E-state index contributed by atoms with van der Waals surface area (Å²) < 4.78 is 18.1. The van der Waals surface area contributed by atoms with Crippen molar-refractivity contribution in [3.63, 3.8) is 0 Å². The summed E-state index contributed by atoms with van der Waals surface area (Å²) in [5.74, 6) is -0.130. The smallest absolute Gasteiger partial charge is 0.258 e. The number of carbonyl (C=O) groups excluding carboxylic acids is 1. The fraction of sp³-hybridized carbons (Fsp3) is 0.111. The molecular weight excluding hydrogens is 327 g/mol. The number of rotatable bonds is 6. The SMILES string of the molecule is O=C(COc1ccc(F)cc1)NCc1ccnc(-c2ccsc2)c1. The van der Waals surface area contributed by atoms with Crippen molar-refractivity contribution >= 4 is 17.2 Å². The second kappa shape index (κ2) is 7.70. The zero-order chi connectivity index (χ0) is 16.8. The molecule has 0 unspecified atom stereocenters. The van der Waals surface area contributed by atoms with Gasteiger partial charge in [-0.2, -0.15) is 11.3 Å². The van der Waals surface area contributed by atoms with Crippen molar-refractivity contribution in [2.24, 2.45) is 0 Å². The Labute approximate surface area is 142 Å². The molecule has 0 fully saturated rings. The molecule has 2 aromatic heterocycles. The number of thiophene rings is 1. The van der Waals surface area contributed by atoms with Gasteiger partial charge < -0.3 is 10.1 Å². The van der Waals surface area contributed by atoms with Crippen molar-refractivity contribution in [2.75, 3.05) is 6.61 Å². The summed E-state index contributed by atoms with van der Waals surface area (Å²) in [5.41, 5.74) is 2.90. The minimum Gasteiger partial charge on any atom is -0.484 e.